The molecule has 0 bridgehead atoms. The van der Waals surface area contributed by atoms with Gasteiger partial charge < -0.3 is 10.1 Å². The Morgan fingerprint density at radius 2 is 2.08 bits per heavy atom. The Labute approximate surface area is 147 Å². The third-order valence-corrected chi connectivity index (χ3v) is 4.33. The molecule has 0 radical (unpaired) electrons. The number of nitriles is 1. The number of ether oxygens (including phenoxy) is 1. The third kappa shape index (κ3) is 5.39. The SMILES string of the molecule is C[C@@H]1CCCC[C@@H]1NC(=S)NNC(=O)COc1ccccc1C#N. The molecule has 0 aliphatic heterocycles. The van der Waals surface area contributed by atoms with Crippen molar-refractivity contribution >= 4 is 23.2 Å². The first kappa shape index (κ1) is 18.0. The van der Waals surface area contributed by atoms with Crippen LogP contribution >= 0.6 is 12.2 Å². The van der Waals surface area contributed by atoms with E-state index in [1.54, 1.807) is 24.3 Å². The number of hydrogen-bond donors (Lipinski definition) is 3. The minimum absolute atomic E-state index is 0.200. The van der Waals surface area contributed by atoms with Gasteiger partial charge in [-0.05, 0) is 43.1 Å². The van der Waals surface area contributed by atoms with Gasteiger partial charge >= 0.3 is 0 Å². The number of para-hydroxylation sites is 1. The summed E-state index contributed by atoms with van der Waals surface area (Å²) in [6.45, 7) is 2.01. The molecule has 0 heterocycles. The van der Waals surface area contributed by atoms with Gasteiger partial charge in [-0.2, -0.15) is 5.26 Å². The molecule has 1 fully saturated rings. The molecule has 1 saturated carbocycles. The Morgan fingerprint density at radius 1 is 1.33 bits per heavy atom. The highest BCUT2D eigenvalue weighted by Gasteiger charge is 2.21. The minimum Gasteiger partial charge on any atom is -0.482 e. The Bertz CT molecular complexity index is 629. The Hall–Kier alpha value is -2.33. The fourth-order valence-electron chi connectivity index (χ4n) is 2.73. The van der Waals surface area contributed by atoms with Gasteiger partial charge in [0.2, 0.25) is 0 Å². The highest BCUT2D eigenvalue weighted by atomic mass is 32.1. The maximum absolute atomic E-state index is 11.8. The second-order valence-corrected chi connectivity index (χ2v) is 6.32. The summed E-state index contributed by atoms with van der Waals surface area (Å²) in [6, 6.07) is 9.13. The average molecular weight is 346 g/mol. The first-order valence-corrected chi connectivity index (χ1v) is 8.48. The van der Waals surface area contributed by atoms with Gasteiger partial charge in [0.25, 0.3) is 5.91 Å². The monoisotopic (exact) mass is 346 g/mol. The van der Waals surface area contributed by atoms with E-state index < -0.39 is 0 Å². The Morgan fingerprint density at radius 3 is 2.83 bits per heavy atom. The number of hydrogen-bond acceptors (Lipinski definition) is 4. The molecule has 2 rings (SSSR count). The van der Waals surface area contributed by atoms with Crippen LogP contribution in [-0.4, -0.2) is 23.7 Å². The standard InChI is InChI=1S/C17H22N4O2S/c1-12-6-2-4-8-14(12)19-17(24)21-20-16(22)11-23-15-9-5-3-7-13(15)10-18/h3,5,7,9,12,14H,2,4,6,8,11H2,1H3,(H,20,22)(H2,19,21,24)/t12-,14+/m1/s1. The van der Waals surface area contributed by atoms with Crippen LogP contribution in [0.3, 0.4) is 0 Å². The van der Waals surface area contributed by atoms with Gasteiger partial charge in [0.1, 0.15) is 11.8 Å². The van der Waals surface area contributed by atoms with Crippen LogP contribution in [0.1, 0.15) is 38.2 Å². The number of carbonyl (C=O) groups excluding carboxylic acids is 1. The van der Waals surface area contributed by atoms with Crippen molar-refractivity contribution in [3.63, 3.8) is 0 Å². The van der Waals surface area contributed by atoms with Crippen molar-refractivity contribution in [2.45, 2.75) is 38.6 Å². The van der Waals surface area contributed by atoms with Gasteiger partial charge in [-0.15, -0.1) is 0 Å². The molecule has 1 aliphatic carbocycles. The second kappa shape index (κ2) is 9.08. The quantitative estimate of drug-likeness (QED) is 0.571. The first-order chi connectivity index (χ1) is 11.6. The molecule has 24 heavy (non-hydrogen) atoms. The van der Waals surface area contributed by atoms with Crippen molar-refractivity contribution < 1.29 is 9.53 Å². The van der Waals surface area contributed by atoms with Gasteiger partial charge in [-0.1, -0.05) is 31.9 Å². The van der Waals surface area contributed by atoms with Crippen LogP contribution in [0.25, 0.3) is 0 Å². The molecule has 128 valence electrons. The third-order valence-electron chi connectivity index (χ3n) is 4.11. The van der Waals surface area contributed by atoms with Crippen molar-refractivity contribution in [1.82, 2.24) is 16.2 Å². The molecule has 0 spiro atoms. The van der Waals surface area contributed by atoms with E-state index in [4.69, 9.17) is 22.2 Å². The number of nitrogens with zero attached hydrogens (tertiary/aromatic N) is 1. The number of thiocarbonyl (C=S) groups is 1. The second-order valence-electron chi connectivity index (χ2n) is 5.91. The lowest BCUT2D eigenvalue weighted by Crippen LogP contribution is -2.52. The summed E-state index contributed by atoms with van der Waals surface area (Å²) in [7, 11) is 0. The van der Waals surface area contributed by atoms with Crippen LogP contribution in [0.2, 0.25) is 0 Å². The zero-order chi connectivity index (χ0) is 17.4. The first-order valence-electron chi connectivity index (χ1n) is 8.07. The van der Waals surface area contributed by atoms with Crippen LogP contribution in [-0.2, 0) is 4.79 Å². The highest BCUT2D eigenvalue weighted by molar-refractivity contribution is 7.80. The number of amides is 1. The van der Waals surface area contributed by atoms with Crippen LogP contribution in [0.15, 0.2) is 24.3 Å². The number of carbonyl (C=O) groups is 1. The molecule has 0 saturated heterocycles. The lowest BCUT2D eigenvalue weighted by atomic mass is 9.86. The molecular weight excluding hydrogens is 324 g/mol. The average Bonchev–Trinajstić information content (AvgIpc) is 2.60. The Balaban J connectivity index is 1.71. The molecular formula is C17H22N4O2S. The lowest BCUT2D eigenvalue weighted by molar-refractivity contribution is -0.123. The van der Waals surface area contributed by atoms with E-state index in [0.717, 1.165) is 6.42 Å². The number of benzene rings is 1. The molecule has 7 heteroatoms. The van der Waals surface area contributed by atoms with E-state index in [1.165, 1.54) is 19.3 Å². The van der Waals surface area contributed by atoms with Crippen LogP contribution in [0, 0.1) is 17.2 Å². The molecule has 1 aromatic rings. The number of nitrogens with one attached hydrogen (secondary N) is 3. The summed E-state index contributed by atoms with van der Waals surface area (Å²) in [5, 5.41) is 12.6. The maximum Gasteiger partial charge on any atom is 0.276 e. The fourth-order valence-corrected chi connectivity index (χ4v) is 2.93. The van der Waals surface area contributed by atoms with Crippen LogP contribution in [0.5, 0.6) is 5.75 Å². The molecule has 0 aromatic heterocycles. The van der Waals surface area contributed by atoms with Crippen molar-refractivity contribution in [2.75, 3.05) is 6.61 Å². The fraction of sp³-hybridized carbons (Fsp3) is 0.471. The van der Waals surface area contributed by atoms with E-state index in [2.05, 4.69) is 23.1 Å². The topological polar surface area (TPSA) is 86.2 Å². The van der Waals surface area contributed by atoms with Crippen molar-refractivity contribution in [1.29, 1.82) is 5.26 Å². The highest BCUT2D eigenvalue weighted by Crippen LogP contribution is 2.23. The lowest BCUT2D eigenvalue weighted by Gasteiger charge is -2.30. The number of rotatable bonds is 4. The van der Waals surface area contributed by atoms with Crippen molar-refractivity contribution in [3.05, 3.63) is 29.8 Å². The van der Waals surface area contributed by atoms with E-state index in [-0.39, 0.29) is 12.5 Å². The van der Waals surface area contributed by atoms with Crippen molar-refractivity contribution in [3.8, 4) is 11.8 Å². The summed E-state index contributed by atoms with van der Waals surface area (Å²) in [4.78, 5) is 11.8. The molecule has 2 atom stereocenters. The molecule has 6 nitrogen and oxygen atoms in total. The predicted molar refractivity (Wildman–Crippen MR) is 95.1 cm³/mol. The van der Waals surface area contributed by atoms with E-state index in [1.807, 2.05) is 6.07 Å². The summed E-state index contributed by atoms with van der Waals surface area (Å²) in [5.41, 5.74) is 5.58. The molecule has 3 N–H and O–H groups in total. The van der Waals surface area contributed by atoms with E-state index in [9.17, 15) is 4.79 Å². The van der Waals surface area contributed by atoms with Crippen LogP contribution in [0.4, 0.5) is 0 Å². The van der Waals surface area contributed by atoms with E-state index in [0.29, 0.717) is 28.4 Å². The minimum atomic E-state index is -0.372. The molecule has 1 aliphatic rings. The largest absolute Gasteiger partial charge is 0.482 e. The maximum atomic E-state index is 11.8. The van der Waals surface area contributed by atoms with E-state index >= 15 is 0 Å². The number of hydrazine groups is 1. The van der Waals surface area contributed by atoms with Gasteiger partial charge in [0.15, 0.2) is 11.7 Å². The zero-order valence-corrected chi connectivity index (χ0v) is 14.5. The van der Waals surface area contributed by atoms with Gasteiger partial charge in [-0.3, -0.25) is 15.6 Å². The van der Waals surface area contributed by atoms with Gasteiger partial charge in [0, 0.05) is 6.04 Å². The summed E-state index contributed by atoms with van der Waals surface area (Å²) < 4.78 is 5.35. The normalized spacial score (nSPS) is 19.7. The molecule has 1 amide bonds. The molecule has 1 aromatic carbocycles. The van der Waals surface area contributed by atoms with Crippen LogP contribution < -0.4 is 20.9 Å². The predicted octanol–water partition coefficient (Wildman–Crippen LogP) is 2.01. The summed E-state index contributed by atoms with van der Waals surface area (Å²) in [5.74, 6) is 0.579. The smallest absolute Gasteiger partial charge is 0.276 e. The summed E-state index contributed by atoms with van der Waals surface area (Å²) in [6.07, 6.45) is 4.74. The Kier molecular flexibility index (Phi) is 6.82. The zero-order valence-electron chi connectivity index (χ0n) is 13.7. The van der Waals surface area contributed by atoms with Gasteiger partial charge in [0.05, 0.1) is 5.56 Å². The summed E-state index contributed by atoms with van der Waals surface area (Å²) >= 11 is 5.20. The molecule has 0 unspecified atom stereocenters. The van der Waals surface area contributed by atoms with Gasteiger partial charge in [-0.25, -0.2) is 0 Å². The van der Waals surface area contributed by atoms with Crippen molar-refractivity contribution in [2.24, 2.45) is 5.92 Å².